The number of aromatic nitrogens is 1. The number of benzene rings is 2. The van der Waals surface area contributed by atoms with Gasteiger partial charge in [-0.15, -0.1) is 0 Å². The van der Waals surface area contributed by atoms with Crippen molar-refractivity contribution in [2.45, 2.75) is 13.3 Å². The van der Waals surface area contributed by atoms with Crippen LogP contribution in [0.25, 0.3) is 10.2 Å². The van der Waals surface area contributed by atoms with Crippen LogP contribution in [0.15, 0.2) is 36.4 Å². The minimum absolute atomic E-state index is 0.106. The number of amides is 2. The van der Waals surface area contributed by atoms with Crippen molar-refractivity contribution in [2.24, 2.45) is 5.92 Å². The summed E-state index contributed by atoms with van der Waals surface area (Å²) in [4.78, 5) is 36.9. The van der Waals surface area contributed by atoms with Crippen LogP contribution in [0.1, 0.15) is 12.0 Å². The maximum Gasteiger partial charge on any atom is 0.234 e. The van der Waals surface area contributed by atoms with Crippen LogP contribution < -0.4 is 9.80 Å². The van der Waals surface area contributed by atoms with Gasteiger partial charge in [0.1, 0.15) is 5.82 Å². The van der Waals surface area contributed by atoms with Gasteiger partial charge in [-0.25, -0.2) is 9.37 Å². The first-order valence-corrected chi connectivity index (χ1v) is 12.8. The summed E-state index contributed by atoms with van der Waals surface area (Å²) in [5, 5.41) is 1.19. The third-order valence-corrected chi connectivity index (χ3v) is 8.08. The Hall–Kier alpha value is -2.59. The van der Waals surface area contributed by atoms with E-state index in [1.807, 2.05) is 19.1 Å². The Morgan fingerprint density at radius 3 is 2.69 bits per heavy atom. The van der Waals surface area contributed by atoms with E-state index in [4.69, 9.17) is 21.3 Å². The summed E-state index contributed by atoms with van der Waals surface area (Å²) in [7, 11) is 0. The van der Waals surface area contributed by atoms with Gasteiger partial charge in [-0.05, 0) is 42.8 Å². The molecular weight excluding hydrogens is 491 g/mol. The van der Waals surface area contributed by atoms with Crippen molar-refractivity contribution in [3.63, 3.8) is 0 Å². The Morgan fingerprint density at radius 2 is 1.97 bits per heavy atom. The Bertz CT molecular complexity index is 1210. The first-order chi connectivity index (χ1) is 16.9. The monoisotopic (exact) mass is 516 g/mol. The van der Waals surface area contributed by atoms with Crippen LogP contribution in [-0.2, 0) is 14.3 Å². The van der Waals surface area contributed by atoms with Gasteiger partial charge in [0.15, 0.2) is 5.13 Å². The second kappa shape index (κ2) is 10.2. The lowest BCUT2D eigenvalue weighted by molar-refractivity contribution is -0.124. The number of fused-ring (bicyclic) bond motifs is 1. The lowest BCUT2D eigenvalue weighted by Crippen LogP contribution is -2.45. The van der Waals surface area contributed by atoms with Crippen molar-refractivity contribution in [1.82, 2.24) is 9.88 Å². The lowest BCUT2D eigenvalue weighted by Gasteiger charge is -2.30. The second-order valence-electron chi connectivity index (χ2n) is 8.86. The van der Waals surface area contributed by atoms with Crippen LogP contribution in [0.4, 0.5) is 15.2 Å². The molecule has 1 aromatic heterocycles. The minimum Gasteiger partial charge on any atom is -0.379 e. The molecule has 0 radical (unpaired) electrons. The van der Waals surface area contributed by atoms with E-state index >= 15 is 0 Å². The largest absolute Gasteiger partial charge is 0.379 e. The first kappa shape index (κ1) is 24.1. The van der Waals surface area contributed by atoms with E-state index in [1.54, 1.807) is 21.9 Å². The van der Waals surface area contributed by atoms with Crippen molar-refractivity contribution in [3.05, 3.63) is 52.8 Å². The fraction of sp³-hybridized carbons (Fsp3) is 0.400. The Labute approximate surface area is 212 Å². The van der Waals surface area contributed by atoms with E-state index < -0.39 is 5.92 Å². The standard InChI is InChI=1S/C25H26ClFN4O3S/c1-16-2-7-20(26)23-22(16)28-25(35-23)30(9-8-29-10-12-34-13-11-29)24(33)17-14-21(32)31(15-17)19-5-3-18(27)4-6-19/h2-7,17H,8-15H2,1H3. The van der Waals surface area contributed by atoms with E-state index in [-0.39, 0.29) is 30.6 Å². The molecule has 2 aromatic carbocycles. The van der Waals surface area contributed by atoms with Crippen molar-refractivity contribution in [3.8, 4) is 0 Å². The molecule has 10 heteroatoms. The highest BCUT2D eigenvalue weighted by molar-refractivity contribution is 7.23. The van der Waals surface area contributed by atoms with Crippen LogP contribution in [-0.4, -0.2) is 67.6 Å². The molecule has 184 valence electrons. The average Bonchev–Trinajstić information content (AvgIpc) is 3.48. The van der Waals surface area contributed by atoms with Crippen molar-refractivity contribution in [1.29, 1.82) is 0 Å². The topological polar surface area (TPSA) is 66.0 Å². The molecule has 0 aliphatic carbocycles. The highest BCUT2D eigenvalue weighted by Gasteiger charge is 2.38. The van der Waals surface area contributed by atoms with Gasteiger partial charge in [0.25, 0.3) is 0 Å². The maximum absolute atomic E-state index is 13.8. The Morgan fingerprint density at radius 1 is 1.23 bits per heavy atom. The second-order valence-corrected chi connectivity index (χ2v) is 10.2. The fourth-order valence-electron chi connectivity index (χ4n) is 4.54. The molecule has 1 unspecified atom stereocenters. The van der Waals surface area contributed by atoms with E-state index in [1.165, 1.54) is 23.5 Å². The maximum atomic E-state index is 13.8. The summed E-state index contributed by atoms with van der Waals surface area (Å²) in [6.45, 7) is 6.33. The van der Waals surface area contributed by atoms with Crippen LogP contribution >= 0.6 is 22.9 Å². The van der Waals surface area contributed by atoms with Gasteiger partial charge >= 0.3 is 0 Å². The number of morpholine rings is 1. The molecule has 3 heterocycles. The molecule has 7 nitrogen and oxygen atoms in total. The SMILES string of the molecule is Cc1ccc(Cl)c2sc(N(CCN3CCOCC3)C(=O)C3CC(=O)N(c4ccc(F)cc4)C3)nc12. The van der Waals surface area contributed by atoms with Crippen LogP contribution in [0.2, 0.25) is 5.02 Å². The molecule has 2 aliphatic rings. The van der Waals surface area contributed by atoms with Gasteiger partial charge in [0, 0.05) is 44.8 Å². The quantitative estimate of drug-likeness (QED) is 0.493. The van der Waals surface area contributed by atoms with Gasteiger partial charge in [-0.3, -0.25) is 19.4 Å². The van der Waals surface area contributed by atoms with E-state index in [0.29, 0.717) is 42.1 Å². The summed E-state index contributed by atoms with van der Waals surface area (Å²) in [5.41, 5.74) is 2.37. The molecule has 2 saturated heterocycles. The number of aryl methyl sites for hydroxylation is 1. The first-order valence-electron chi connectivity index (χ1n) is 11.6. The number of rotatable bonds is 6. The molecule has 2 amide bonds. The zero-order valence-electron chi connectivity index (χ0n) is 19.4. The molecule has 2 fully saturated rings. The number of hydrogen-bond acceptors (Lipinski definition) is 6. The third-order valence-electron chi connectivity index (χ3n) is 6.54. The summed E-state index contributed by atoms with van der Waals surface area (Å²) in [6, 6.07) is 9.53. The fourth-order valence-corrected chi connectivity index (χ4v) is 5.88. The summed E-state index contributed by atoms with van der Waals surface area (Å²) < 4.78 is 19.7. The van der Waals surface area contributed by atoms with E-state index in [2.05, 4.69) is 4.90 Å². The van der Waals surface area contributed by atoms with Gasteiger partial charge in [0.2, 0.25) is 11.8 Å². The van der Waals surface area contributed by atoms with E-state index in [9.17, 15) is 14.0 Å². The smallest absolute Gasteiger partial charge is 0.234 e. The van der Waals surface area contributed by atoms with E-state index in [0.717, 1.165) is 28.9 Å². The predicted molar refractivity (Wildman–Crippen MR) is 136 cm³/mol. The van der Waals surface area contributed by atoms with Crippen molar-refractivity contribution < 1.29 is 18.7 Å². The van der Waals surface area contributed by atoms with Crippen molar-refractivity contribution >= 4 is 55.8 Å². The lowest BCUT2D eigenvalue weighted by atomic mass is 10.1. The summed E-state index contributed by atoms with van der Waals surface area (Å²) in [6.07, 6.45) is 0.106. The van der Waals surface area contributed by atoms with Gasteiger partial charge in [-0.1, -0.05) is 29.0 Å². The number of carbonyl (C=O) groups is 2. The highest BCUT2D eigenvalue weighted by Crippen LogP contribution is 2.37. The predicted octanol–water partition coefficient (Wildman–Crippen LogP) is 4.12. The van der Waals surface area contributed by atoms with Crippen LogP contribution in [0.3, 0.4) is 0 Å². The number of anilines is 2. The summed E-state index contributed by atoms with van der Waals surface area (Å²) >= 11 is 7.83. The van der Waals surface area contributed by atoms with Gasteiger partial charge < -0.3 is 9.64 Å². The molecule has 35 heavy (non-hydrogen) atoms. The number of nitrogens with zero attached hydrogens (tertiary/aromatic N) is 4. The molecule has 0 saturated carbocycles. The number of carbonyl (C=O) groups excluding carboxylic acids is 2. The number of halogens is 2. The molecule has 3 aromatic rings. The normalized spacial score (nSPS) is 19.0. The number of hydrogen-bond donors (Lipinski definition) is 0. The van der Waals surface area contributed by atoms with Crippen LogP contribution in [0.5, 0.6) is 0 Å². The number of ether oxygens (including phenoxy) is 1. The zero-order chi connectivity index (χ0) is 24.5. The molecule has 0 N–H and O–H groups in total. The molecule has 1 atom stereocenters. The minimum atomic E-state index is -0.513. The molecule has 2 aliphatic heterocycles. The van der Waals surface area contributed by atoms with Gasteiger partial charge in [-0.2, -0.15) is 0 Å². The highest BCUT2D eigenvalue weighted by atomic mass is 35.5. The molecule has 0 spiro atoms. The van der Waals surface area contributed by atoms with Crippen molar-refractivity contribution in [2.75, 3.05) is 55.7 Å². The Kier molecular flexibility index (Phi) is 7.02. The zero-order valence-corrected chi connectivity index (χ0v) is 20.9. The molecular formula is C25H26ClFN4O3S. The molecule has 0 bridgehead atoms. The third kappa shape index (κ3) is 5.04. The molecule has 5 rings (SSSR count). The Balaban J connectivity index is 1.41. The average molecular weight is 517 g/mol. The summed E-state index contributed by atoms with van der Waals surface area (Å²) in [5.74, 6) is -1.16. The van der Waals surface area contributed by atoms with Gasteiger partial charge in [0.05, 0.1) is 34.4 Å². The van der Waals surface area contributed by atoms with Crippen LogP contribution in [0, 0.1) is 18.7 Å². The number of thiazole rings is 1.